The van der Waals surface area contributed by atoms with E-state index in [0.717, 1.165) is 0 Å². The molecule has 70 heteroatoms. The van der Waals surface area contributed by atoms with Gasteiger partial charge in [-0.25, -0.2) is 0 Å². The van der Waals surface area contributed by atoms with Gasteiger partial charge in [0.1, 0.15) is 0 Å². The van der Waals surface area contributed by atoms with Crippen LogP contribution in [0.3, 0.4) is 0 Å². The molecule has 0 spiro atoms. The molecular weight excluding hydrogens is 1840 g/mol. The van der Waals surface area contributed by atoms with Crippen LogP contribution in [0, 0.1) is 0 Å². The lowest BCUT2D eigenvalue weighted by atomic mass is 10.9. The smallest absolute Gasteiger partial charge is 0.0402 e. The predicted octanol–water partition coefficient (Wildman–Crippen LogP) is -33.0. The minimum Gasteiger partial charge on any atom is -0.412 e. The highest BCUT2D eigenvalue weighted by atomic mass is 16.3. The molecule has 130 heavy (non-hydrogen) atoms. The molecule has 0 aliphatic carbocycles. The molecule has 70 nitrogen and oxygen atoms in total. The van der Waals surface area contributed by atoms with E-state index in [1.54, 1.807) is 208 Å². The zero-order valence-electron chi connectivity index (χ0n) is 84.6. The Balaban J connectivity index is -0.00000000417. The first-order valence-corrected chi connectivity index (χ1v) is 30.7. The number of aliphatic hydroxyl groups excluding tert-OH is 30. The Labute approximate surface area is 776 Å². The van der Waals surface area contributed by atoms with E-state index in [4.69, 9.17) is 153 Å². The van der Waals surface area contributed by atoms with Crippen LogP contribution < -0.4 is 0 Å². The minimum absolute atomic E-state index is 0. The van der Waals surface area contributed by atoms with Crippen LogP contribution in [0.1, 0.15) is 208 Å². The van der Waals surface area contributed by atoms with E-state index in [1.807, 2.05) is 0 Å². The molecule has 0 atom stereocenters. The van der Waals surface area contributed by atoms with Gasteiger partial charge in [0.25, 0.3) is 0 Å². The van der Waals surface area contributed by atoms with Crippen molar-refractivity contribution < 1.29 is 372 Å². The van der Waals surface area contributed by atoms with Crippen LogP contribution in [-0.4, -0.2) is 570 Å². The monoisotopic (exact) mass is 2100 g/mol. The second-order valence-corrected chi connectivity index (χ2v) is 9.49. The van der Waals surface area contributed by atoms with Crippen molar-refractivity contribution in [3.05, 3.63) is 0 Å². The van der Waals surface area contributed by atoms with Gasteiger partial charge in [0.05, 0.1) is 0 Å². The van der Waals surface area contributed by atoms with Crippen LogP contribution in [-0.2, 0) is 0 Å². The summed E-state index contributed by atoms with van der Waals surface area (Å²) in [5.41, 5.74) is 0. The van der Waals surface area contributed by atoms with E-state index >= 15 is 0 Å². The lowest BCUT2D eigenvalue weighted by Gasteiger charge is -1.52. The van der Waals surface area contributed by atoms with Crippen LogP contribution in [0.5, 0.6) is 0 Å². The van der Waals surface area contributed by atoms with Gasteiger partial charge in [-0.3, -0.25) is 0 Å². The second kappa shape index (κ2) is 2670. The van der Waals surface area contributed by atoms with E-state index < -0.39 is 0 Å². The molecule has 0 radical (unpaired) electrons. The zero-order chi connectivity index (χ0) is 81.2. The SMILES string of the molecule is CCO.CCO.CCO.CCO.CCO.CCO.CCO.CCO.CCO.CCO.CCO.CCO.CCO.CCO.CCO.CCO.CCO.CCO.CCO.CCO.CCO.CCO.CCO.CCO.CCO.CCO.CCO.CCO.CCO.CCO.O.O.O.O.O.O.O.O.O.O.O.O.O.O.O.O.O.O.O.O.O.O.O.O.O.O.O.O.O.O.O.O.O.O.O.O.O.O.O.O. The zero-order valence-corrected chi connectivity index (χ0v) is 84.6. The lowest BCUT2D eigenvalue weighted by molar-refractivity contribution is 0.318. The van der Waals surface area contributed by atoms with E-state index in [0.29, 0.717) is 0 Å². The average molecular weight is 2100 g/mol. The van der Waals surface area contributed by atoms with E-state index in [2.05, 4.69) is 0 Å². The highest BCUT2D eigenvalue weighted by Gasteiger charge is 1.42. The second-order valence-electron chi connectivity index (χ2n) is 9.49. The summed E-state index contributed by atoms with van der Waals surface area (Å²) < 4.78 is 0. The number of rotatable bonds is 0. The van der Waals surface area contributed by atoms with Gasteiger partial charge in [0, 0.05) is 198 Å². The Kier molecular flexibility index (Phi) is 12700. The molecule has 0 saturated carbocycles. The van der Waals surface area contributed by atoms with E-state index in [-0.39, 0.29) is 417 Å². The molecule has 110 N–H and O–H groups in total. The molecular formula is C60H260O70. The maximum Gasteiger partial charge on any atom is 0.0402 e. The topological polar surface area (TPSA) is 1870 Å². The largest absolute Gasteiger partial charge is 0.412 e. The molecule has 0 bridgehead atoms. The molecule has 0 fully saturated rings. The molecule has 0 rings (SSSR count). The number of hydrogen-bond acceptors (Lipinski definition) is 30. The summed E-state index contributed by atoms with van der Waals surface area (Å²) in [5, 5.41) is 227. The normalized spacial score (nSPS) is 4.15. The Morgan fingerprint density at radius 3 is 0.0538 bits per heavy atom. The fourth-order valence-corrected chi connectivity index (χ4v) is 0. The van der Waals surface area contributed by atoms with Crippen molar-refractivity contribution in [2.45, 2.75) is 208 Å². The van der Waals surface area contributed by atoms with Crippen molar-refractivity contribution in [3.63, 3.8) is 0 Å². The Hall–Kier alpha value is -2.80. The third-order valence-electron chi connectivity index (χ3n) is 0. The quantitative estimate of drug-likeness (QED) is 0.107. The van der Waals surface area contributed by atoms with Gasteiger partial charge in [-0.05, 0) is 208 Å². The molecule has 0 amide bonds. The highest BCUT2D eigenvalue weighted by molar-refractivity contribution is 3.91. The van der Waals surface area contributed by atoms with Crippen LogP contribution >= 0.6 is 0 Å². The van der Waals surface area contributed by atoms with Gasteiger partial charge >= 0.3 is 0 Å². The van der Waals surface area contributed by atoms with Crippen LogP contribution in [0.2, 0.25) is 0 Å². The first kappa shape index (κ1) is 619. The van der Waals surface area contributed by atoms with Gasteiger partial charge in [0.2, 0.25) is 0 Å². The molecule has 0 aliphatic rings. The Morgan fingerprint density at radius 2 is 0.0538 bits per heavy atom. The maximum atomic E-state index is 7.57. The van der Waals surface area contributed by atoms with Gasteiger partial charge < -0.3 is 372 Å². The first-order chi connectivity index (χ1) is 42.4. The Morgan fingerprint density at radius 1 is 0.0538 bits per heavy atom. The summed E-state index contributed by atoms with van der Waals surface area (Å²) in [7, 11) is 0. The van der Waals surface area contributed by atoms with Gasteiger partial charge in [0.15, 0.2) is 0 Å². The van der Waals surface area contributed by atoms with Crippen molar-refractivity contribution >= 4 is 0 Å². The van der Waals surface area contributed by atoms with Crippen LogP contribution in [0.25, 0.3) is 0 Å². The van der Waals surface area contributed by atoms with Crippen molar-refractivity contribution in [2.75, 3.05) is 198 Å². The Bertz CT molecular complexity index is 277. The first-order valence-electron chi connectivity index (χ1n) is 30.7. The molecule has 0 aromatic carbocycles. The van der Waals surface area contributed by atoms with Crippen molar-refractivity contribution in [3.8, 4) is 0 Å². The fourth-order valence-electron chi connectivity index (χ4n) is 0. The molecule has 0 aromatic rings. The van der Waals surface area contributed by atoms with Crippen molar-refractivity contribution in [1.82, 2.24) is 0 Å². The van der Waals surface area contributed by atoms with E-state index in [9.17, 15) is 0 Å². The van der Waals surface area contributed by atoms with Gasteiger partial charge in [-0.1, -0.05) is 0 Å². The molecule has 0 unspecified atom stereocenters. The summed E-state index contributed by atoms with van der Waals surface area (Å²) >= 11 is 0. The highest BCUT2D eigenvalue weighted by Crippen LogP contribution is 1.38. The summed E-state index contributed by atoms with van der Waals surface area (Å²) in [6.45, 7) is 57.9. The summed E-state index contributed by atoms with van der Waals surface area (Å²) in [5.74, 6) is 0. The van der Waals surface area contributed by atoms with Crippen molar-refractivity contribution in [2.24, 2.45) is 0 Å². The third-order valence-corrected chi connectivity index (χ3v) is 0. The van der Waals surface area contributed by atoms with E-state index in [1.165, 1.54) is 0 Å². The fraction of sp³-hybridized carbons (Fsp3) is 1.00. The van der Waals surface area contributed by atoms with Gasteiger partial charge in [-0.2, -0.15) is 0 Å². The molecule has 0 saturated heterocycles. The standard InChI is InChI=1S/30C2H6O.40H2O/c30*1-2-3;;;;;;;;;;;;;;;;;;;;;;;;;;;;;;;;;;;;;;;;/h30*3H,2H2,1H3;40*1H2. The third kappa shape index (κ3) is 246000. The summed E-state index contributed by atoms with van der Waals surface area (Å²) in [4.78, 5) is 0. The minimum atomic E-state index is 0. The summed E-state index contributed by atoms with van der Waals surface area (Å²) in [6, 6.07) is 0. The molecule has 0 aliphatic heterocycles. The lowest BCUT2D eigenvalue weighted by Crippen LogP contribution is -1.57. The predicted molar refractivity (Wildman–Crippen MR) is 527 cm³/mol. The van der Waals surface area contributed by atoms with Crippen LogP contribution in [0.4, 0.5) is 0 Å². The molecule has 0 aromatic heterocycles. The maximum absolute atomic E-state index is 7.57. The number of aliphatic hydroxyl groups is 30. The average Bonchev–Trinajstić information content (AvgIpc) is 3.41. The van der Waals surface area contributed by atoms with Crippen LogP contribution in [0.15, 0.2) is 0 Å². The molecule has 0 heterocycles. The van der Waals surface area contributed by atoms with Gasteiger partial charge in [-0.15, -0.1) is 0 Å². The summed E-state index contributed by atoms with van der Waals surface area (Å²) in [6.07, 6.45) is 0. The van der Waals surface area contributed by atoms with Crippen molar-refractivity contribution in [1.29, 1.82) is 0 Å². The molecule has 920 valence electrons. The number of hydrogen-bond donors (Lipinski definition) is 30.